The van der Waals surface area contributed by atoms with Crippen LogP contribution in [-0.2, 0) is 0 Å². The number of nitrogens with one attached hydrogen (secondary N) is 1. The van der Waals surface area contributed by atoms with Gasteiger partial charge >= 0.3 is 0 Å². The molecule has 0 bridgehead atoms. The van der Waals surface area contributed by atoms with Crippen LogP contribution in [0.15, 0.2) is 0 Å². The Hall–Kier alpha value is -0.120. The summed E-state index contributed by atoms with van der Waals surface area (Å²) in [6.07, 6.45) is 3.44. The molecule has 0 radical (unpaired) electrons. The highest BCUT2D eigenvalue weighted by atomic mass is 16.3. The van der Waals surface area contributed by atoms with Crippen molar-refractivity contribution < 1.29 is 5.11 Å². The fraction of sp³-hybridized carbons (Fsp3) is 1.00. The van der Waals surface area contributed by atoms with Gasteiger partial charge in [0.15, 0.2) is 0 Å². The van der Waals surface area contributed by atoms with E-state index in [0.29, 0.717) is 0 Å². The number of rotatable bonds is 9. The molecule has 0 aliphatic heterocycles. The van der Waals surface area contributed by atoms with Gasteiger partial charge in [-0.15, -0.1) is 0 Å². The van der Waals surface area contributed by atoms with Crippen molar-refractivity contribution in [2.75, 3.05) is 33.3 Å². The zero-order valence-electron chi connectivity index (χ0n) is 10.8. The van der Waals surface area contributed by atoms with E-state index in [-0.39, 0.29) is 12.1 Å². The van der Waals surface area contributed by atoms with Gasteiger partial charge in [0.05, 0.1) is 6.61 Å². The van der Waals surface area contributed by atoms with Gasteiger partial charge in [0.25, 0.3) is 0 Å². The van der Waals surface area contributed by atoms with Gasteiger partial charge in [-0.25, -0.2) is 0 Å². The van der Waals surface area contributed by atoms with Crippen molar-refractivity contribution in [3.8, 4) is 0 Å². The van der Waals surface area contributed by atoms with E-state index >= 15 is 0 Å². The van der Waals surface area contributed by atoms with Crippen LogP contribution in [0.2, 0.25) is 0 Å². The largest absolute Gasteiger partial charge is 0.394 e. The Balaban J connectivity index is 3.60. The first-order valence-electron chi connectivity index (χ1n) is 6.14. The summed E-state index contributed by atoms with van der Waals surface area (Å²) in [6, 6.07) is 0. The molecule has 0 fully saturated rings. The van der Waals surface area contributed by atoms with Crippen LogP contribution < -0.4 is 5.32 Å². The van der Waals surface area contributed by atoms with E-state index < -0.39 is 0 Å². The van der Waals surface area contributed by atoms with Crippen LogP contribution >= 0.6 is 0 Å². The van der Waals surface area contributed by atoms with Gasteiger partial charge in [-0.2, -0.15) is 0 Å². The molecule has 0 aromatic carbocycles. The lowest BCUT2D eigenvalue weighted by molar-refractivity contribution is 0.169. The van der Waals surface area contributed by atoms with Crippen molar-refractivity contribution in [2.24, 2.45) is 0 Å². The SMILES string of the molecule is CCN(CC)CCCCC(C)(CO)NC. The molecule has 0 saturated heterocycles. The van der Waals surface area contributed by atoms with E-state index in [0.717, 1.165) is 19.5 Å². The van der Waals surface area contributed by atoms with Crippen LogP contribution in [0.3, 0.4) is 0 Å². The molecule has 0 rings (SSSR count). The molecular formula is C12H28N2O. The summed E-state index contributed by atoms with van der Waals surface area (Å²) in [7, 11) is 1.92. The Morgan fingerprint density at radius 2 is 1.80 bits per heavy atom. The van der Waals surface area contributed by atoms with Crippen molar-refractivity contribution in [2.45, 2.75) is 45.6 Å². The van der Waals surface area contributed by atoms with Crippen molar-refractivity contribution >= 4 is 0 Å². The molecule has 0 spiro atoms. The van der Waals surface area contributed by atoms with Gasteiger partial charge in [0.1, 0.15) is 0 Å². The number of nitrogens with zero attached hydrogens (tertiary/aromatic N) is 1. The van der Waals surface area contributed by atoms with E-state index in [1.165, 1.54) is 19.4 Å². The lowest BCUT2D eigenvalue weighted by Crippen LogP contribution is -2.43. The molecule has 0 aromatic rings. The zero-order chi connectivity index (χ0) is 11.7. The van der Waals surface area contributed by atoms with E-state index in [4.69, 9.17) is 0 Å². The Bertz CT molecular complexity index is 143. The van der Waals surface area contributed by atoms with Crippen LogP contribution in [0.5, 0.6) is 0 Å². The molecule has 0 heterocycles. The van der Waals surface area contributed by atoms with E-state index in [1.54, 1.807) is 0 Å². The number of aliphatic hydroxyl groups is 1. The maximum atomic E-state index is 9.21. The van der Waals surface area contributed by atoms with Gasteiger partial charge in [0, 0.05) is 5.54 Å². The van der Waals surface area contributed by atoms with E-state index in [1.807, 2.05) is 7.05 Å². The van der Waals surface area contributed by atoms with Crippen LogP contribution in [0.4, 0.5) is 0 Å². The summed E-state index contributed by atoms with van der Waals surface area (Å²) < 4.78 is 0. The highest BCUT2D eigenvalue weighted by Gasteiger charge is 2.19. The Morgan fingerprint density at radius 3 is 2.20 bits per heavy atom. The molecular weight excluding hydrogens is 188 g/mol. The van der Waals surface area contributed by atoms with E-state index in [2.05, 4.69) is 31.0 Å². The number of likely N-dealkylation sites (N-methyl/N-ethyl adjacent to an activating group) is 1. The molecule has 1 atom stereocenters. The second kappa shape index (κ2) is 8.08. The highest BCUT2D eigenvalue weighted by molar-refractivity contribution is 4.80. The molecule has 0 amide bonds. The predicted octanol–water partition coefficient (Wildman–Crippen LogP) is 1.47. The number of aliphatic hydroxyl groups excluding tert-OH is 1. The molecule has 15 heavy (non-hydrogen) atoms. The second-order valence-electron chi connectivity index (χ2n) is 4.45. The lowest BCUT2D eigenvalue weighted by Gasteiger charge is -2.27. The molecule has 0 aliphatic rings. The quantitative estimate of drug-likeness (QED) is 0.573. The van der Waals surface area contributed by atoms with Gasteiger partial charge in [-0.3, -0.25) is 0 Å². The Labute approximate surface area is 94.9 Å². The molecule has 0 aliphatic carbocycles. The number of hydrogen-bond acceptors (Lipinski definition) is 3. The molecule has 0 saturated carbocycles. The maximum absolute atomic E-state index is 9.21. The first-order valence-corrected chi connectivity index (χ1v) is 6.14. The smallest absolute Gasteiger partial charge is 0.0610 e. The Morgan fingerprint density at radius 1 is 1.20 bits per heavy atom. The predicted molar refractivity (Wildman–Crippen MR) is 66.2 cm³/mol. The van der Waals surface area contributed by atoms with Gasteiger partial charge in [-0.1, -0.05) is 20.3 Å². The normalized spacial score (nSPS) is 15.6. The minimum Gasteiger partial charge on any atom is -0.394 e. The monoisotopic (exact) mass is 216 g/mol. The van der Waals surface area contributed by atoms with E-state index in [9.17, 15) is 5.11 Å². The van der Waals surface area contributed by atoms with Crippen molar-refractivity contribution in [3.63, 3.8) is 0 Å². The number of hydrogen-bond donors (Lipinski definition) is 2. The molecule has 3 heteroatoms. The average Bonchev–Trinajstić information content (AvgIpc) is 2.29. The third-order valence-corrected chi connectivity index (χ3v) is 3.30. The zero-order valence-corrected chi connectivity index (χ0v) is 10.8. The summed E-state index contributed by atoms with van der Waals surface area (Å²) in [5.41, 5.74) is -0.0940. The van der Waals surface area contributed by atoms with Gasteiger partial charge < -0.3 is 15.3 Å². The minimum absolute atomic E-state index is 0.0940. The molecule has 0 aromatic heterocycles. The summed E-state index contributed by atoms with van der Waals surface area (Å²) in [6.45, 7) is 10.2. The van der Waals surface area contributed by atoms with Crippen molar-refractivity contribution in [1.82, 2.24) is 10.2 Å². The third-order valence-electron chi connectivity index (χ3n) is 3.30. The summed E-state index contributed by atoms with van der Waals surface area (Å²) >= 11 is 0. The fourth-order valence-electron chi connectivity index (χ4n) is 1.67. The minimum atomic E-state index is -0.0940. The standard InChI is InChI=1S/C12H28N2O/c1-5-14(6-2)10-8-7-9-12(3,11-15)13-4/h13,15H,5-11H2,1-4H3. The molecule has 3 nitrogen and oxygen atoms in total. The summed E-state index contributed by atoms with van der Waals surface area (Å²) in [5.74, 6) is 0. The fourth-order valence-corrected chi connectivity index (χ4v) is 1.67. The van der Waals surface area contributed by atoms with Crippen molar-refractivity contribution in [1.29, 1.82) is 0 Å². The Kier molecular flexibility index (Phi) is 8.02. The highest BCUT2D eigenvalue weighted by Crippen LogP contribution is 2.12. The first kappa shape index (κ1) is 14.9. The van der Waals surface area contributed by atoms with Gasteiger partial charge in [-0.05, 0) is 46.4 Å². The number of unbranched alkanes of at least 4 members (excludes halogenated alkanes) is 1. The van der Waals surface area contributed by atoms with Crippen molar-refractivity contribution in [3.05, 3.63) is 0 Å². The van der Waals surface area contributed by atoms with Gasteiger partial charge in [0.2, 0.25) is 0 Å². The third kappa shape index (κ3) is 6.13. The van der Waals surface area contributed by atoms with Crippen LogP contribution in [0.25, 0.3) is 0 Å². The first-order chi connectivity index (χ1) is 7.11. The topological polar surface area (TPSA) is 35.5 Å². The average molecular weight is 216 g/mol. The molecule has 1 unspecified atom stereocenters. The lowest BCUT2D eigenvalue weighted by atomic mass is 9.96. The summed E-state index contributed by atoms with van der Waals surface area (Å²) in [5, 5.41) is 12.4. The van der Waals surface area contributed by atoms with Crippen LogP contribution in [0, 0.1) is 0 Å². The second-order valence-corrected chi connectivity index (χ2v) is 4.45. The molecule has 92 valence electrons. The summed E-state index contributed by atoms with van der Waals surface area (Å²) in [4.78, 5) is 2.44. The van der Waals surface area contributed by atoms with Crippen LogP contribution in [-0.4, -0.2) is 48.8 Å². The van der Waals surface area contributed by atoms with Crippen LogP contribution in [0.1, 0.15) is 40.0 Å². The maximum Gasteiger partial charge on any atom is 0.0610 e. The molecule has 2 N–H and O–H groups in total.